The minimum atomic E-state index is -1.12. The van der Waals surface area contributed by atoms with Crippen LogP contribution in [0.2, 0.25) is 0 Å². The van der Waals surface area contributed by atoms with Crippen LogP contribution in [0.4, 0.5) is 0 Å². The highest BCUT2D eigenvalue weighted by Crippen LogP contribution is 2.47. The first-order valence-corrected chi connectivity index (χ1v) is 3.85. The van der Waals surface area contributed by atoms with Gasteiger partial charge in [-0.3, -0.25) is 9.59 Å². The van der Waals surface area contributed by atoms with E-state index in [1.165, 1.54) is 6.92 Å². The van der Waals surface area contributed by atoms with Gasteiger partial charge in [-0.1, -0.05) is 6.92 Å². The number of carbonyl (C=O) groups is 2. The maximum Gasteiger partial charge on any atom is 0.313 e. The molecule has 68 valence electrons. The molecule has 1 saturated carbocycles. The molecule has 4 heteroatoms. The minimum absolute atomic E-state index is 0.373. The van der Waals surface area contributed by atoms with Crippen molar-refractivity contribution in [2.24, 2.45) is 11.3 Å². The van der Waals surface area contributed by atoms with Crippen LogP contribution in [0, 0.1) is 11.3 Å². The lowest BCUT2D eigenvalue weighted by atomic mass is 9.93. The highest BCUT2D eigenvalue weighted by molar-refractivity contribution is 6.02. The Labute approximate surface area is 70.2 Å². The first-order chi connectivity index (χ1) is 5.39. The van der Waals surface area contributed by atoms with Gasteiger partial charge in [0.2, 0.25) is 0 Å². The first kappa shape index (κ1) is 9.19. The Bertz CT molecular complexity index is 235. The zero-order valence-corrected chi connectivity index (χ0v) is 7.07. The molecule has 3 unspecified atom stereocenters. The molecule has 1 fully saturated rings. The molecule has 2 N–H and O–H groups in total. The Morgan fingerprint density at radius 3 is 2.25 bits per heavy atom. The molecule has 1 aliphatic carbocycles. The van der Waals surface area contributed by atoms with E-state index in [0.717, 1.165) is 0 Å². The number of rotatable bonds is 3. The molecule has 3 atom stereocenters. The number of aliphatic hydroxyl groups is 1. The zero-order valence-electron chi connectivity index (χ0n) is 7.07. The quantitative estimate of drug-likeness (QED) is 0.590. The third-order valence-corrected chi connectivity index (χ3v) is 2.52. The summed E-state index contributed by atoms with van der Waals surface area (Å²) in [6.07, 6.45) is -0.254. The zero-order chi connectivity index (χ0) is 9.52. The van der Waals surface area contributed by atoms with Gasteiger partial charge >= 0.3 is 5.97 Å². The fourth-order valence-corrected chi connectivity index (χ4v) is 1.21. The summed E-state index contributed by atoms with van der Waals surface area (Å²) < 4.78 is 0. The number of aliphatic hydroxyl groups excluding tert-OH is 1. The van der Waals surface area contributed by atoms with Crippen molar-refractivity contribution in [3.8, 4) is 0 Å². The van der Waals surface area contributed by atoms with Crippen LogP contribution in [0.1, 0.15) is 20.3 Å². The van der Waals surface area contributed by atoms with Gasteiger partial charge in [0, 0.05) is 0 Å². The predicted molar refractivity (Wildman–Crippen MR) is 40.5 cm³/mol. The van der Waals surface area contributed by atoms with Gasteiger partial charge in [0.15, 0.2) is 5.78 Å². The highest BCUT2D eigenvalue weighted by atomic mass is 16.4. The van der Waals surface area contributed by atoms with E-state index in [0.29, 0.717) is 6.42 Å². The third-order valence-electron chi connectivity index (χ3n) is 2.52. The average molecular weight is 172 g/mol. The number of Topliss-reactive ketones (excluding diaryl/α,β-unsaturated/α-hetero) is 1. The summed E-state index contributed by atoms with van der Waals surface area (Å²) >= 11 is 0. The molecule has 0 radical (unpaired) electrons. The van der Waals surface area contributed by atoms with E-state index in [4.69, 9.17) is 10.2 Å². The molecule has 0 aromatic rings. The monoisotopic (exact) mass is 172 g/mol. The van der Waals surface area contributed by atoms with Gasteiger partial charge in [-0.2, -0.15) is 0 Å². The summed E-state index contributed by atoms with van der Waals surface area (Å²) in [6.45, 7) is 2.94. The molecule has 4 nitrogen and oxygen atoms in total. The third kappa shape index (κ3) is 1.22. The highest BCUT2D eigenvalue weighted by Gasteiger charge is 2.57. The number of hydrogen-bond acceptors (Lipinski definition) is 3. The Morgan fingerprint density at radius 2 is 2.00 bits per heavy atom. The lowest BCUT2D eigenvalue weighted by Crippen LogP contribution is -2.29. The molecule has 0 aromatic carbocycles. The van der Waals surface area contributed by atoms with Crippen LogP contribution in [0.25, 0.3) is 0 Å². The molecule has 0 bridgehead atoms. The van der Waals surface area contributed by atoms with Crippen LogP contribution in [-0.2, 0) is 9.59 Å². The maximum atomic E-state index is 11.3. The lowest BCUT2D eigenvalue weighted by Gasteiger charge is -2.10. The topological polar surface area (TPSA) is 74.6 Å². The smallest absolute Gasteiger partial charge is 0.313 e. The molecule has 1 aliphatic rings. The number of carbonyl (C=O) groups excluding carboxylic acids is 1. The van der Waals surface area contributed by atoms with E-state index in [1.54, 1.807) is 6.92 Å². The number of ketones is 1. The van der Waals surface area contributed by atoms with Crippen LogP contribution >= 0.6 is 0 Å². The van der Waals surface area contributed by atoms with Gasteiger partial charge < -0.3 is 10.2 Å². The first-order valence-electron chi connectivity index (χ1n) is 3.85. The van der Waals surface area contributed by atoms with Crippen molar-refractivity contribution in [1.29, 1.82) is 0 Å². The second-order valence-electron chi connectivity index (χ2n) is 3.56. The van der Waals surface area contributed by atoms with Gasteiger partial charge in [-0.25, -0.2) is 0 Å². The molecular formula is C8H12O4. The number of carboxylic acids is 1. The van der Waals surface area contributed by atoms with Gasteiger partial charge in [-0.05, 0) is 13.3 Å². The molecular weight excluding hydrogens is 160 g/mol. The van der Waals surface area contributed by atoms with Crippen molar-refractivity contribution in [1.82, 2.24) is 0 Å². The minimum Gasteiger partial charge on any atom is -0.481 e. The molecule has 0 aliphatic heterocycles. The summed E-state index contributed by atoms with van der Waals surface area (Å²) in [4.78, 5) is 21.8. The summed E-state index contributed by atoms with van der Waals surface area (Å²) in [7, 11) is 0. The Balaban J connectivity index is 2.66. The van der Waals surface area contributed by atoms with Crippen molar-refractivity contribution in [2.75, 3.05) is 0 Å². The maximum absolute atomic E-state index is 11.3. The molecule has 0 heterocycles. The Kier molecular flexibility index (Phi) is 1.96. The van der Waals surface area contributed by atoms with Crippen LogP contribution < -0.4 is 0 Å². The molecule has 0 aromatic heterocycles. The standard InChI is InChI=1S/C8H12O4/c1-4(7(11)12)6(10)8(2)3-5(8)9/h4-5,9H,3H2,1-2H3,(H,11,12). The van der Waals surface area contributed by atoms with E-state index in [9.17, 15) is 9.59 Å². The second-order valence-corrected chi connectivity index (χ2v) is 3.56. The number of carboxylic acid groups (broad SMARTS) is 1. The van der Waals surface area contributed by atoms with Gasteiger partial charge in [0.1, 0.15) is 5.92 Å². The average Bonchev–Trinajstić information content (AvgIpc) is 2.58. The van der Waals surface area contributed by atoms with Crippen molar-refractivity contribution < 1.29 is 19.8 Å². The fourth-order valence-electron chi connectivity index (χ4n) is 1.21. The lowest BCUT2D eigenvalue weighted by molar-refractivity contribution is -0.147. The van der Waals surface area contributed by atoms with Crippen LogP contribution in [0.15, 0.2) is 0 Å². The van der Waals surface area contributed by atoms with Crippen molar-refractivity contribution in [2.45, 2.75) is 26.4 Å². The largest absolute Gasteiger partial charge is 0.481 e. The summed E-state index contributed by atoms with van der Waals surface area (Å²) in [5.41, 5.74) is -0.794. The summed E-state index contributed by atoms with van der Waals surface area (Å²) in [5.74, 6) is -2.50. The fraction of sp³-hybridized carbons (Fsp3) is 0.750. The van der Waals surface area contributed by atoms with Gasteiger partial charge in [0.05, 0.1) is 11.5 Å². The Hall–Kier alpha value is -0.900. The molecule has 0 spiro atoms. The molecule has 0 saturated heterocycles. The molecule has 0 amide bonds. The van der Waals surface area contributed by atoms with Gasteiger partial charge in [0.25, 0.3) is 0 Å². The van der Waals surface area contributed by atoms with Crippen LogP contribution in [0.3, 0.4) is 0 Å². The van der Waals surface area contributed by atoms with Crippen LogP contribution in [-0.4, -0.2) is 28.1 Å². The number of aliphatic carboxylic acids is 1. The van der Waals surface area contributed by atoms with Crippen molar-refractivity contribution in [3.63, 3.8) is 0 Å². The molecule has 1 rings (SSSR count). The van der Waals surface area contributed by atoms with E-state index in [-0.39, 0.29) is 5.78 Å². The number of hydrogen-bond donors (Lipinski definition) is 2. The van der Waals surface area contributed by atoms with Crippen molar-refractivity contribution >= 4 is 11.8 Å². The second kappa shape index (κ2) is 2.55. The van der Waals surface area contributed by atoms with Gasteiger partial charge in [-0.15, -0.1) is 0 Å². The van der Waals surface area contributed by atoms with E-state index < -0.39 is 23.4 Å². The van der Waals surface area contributed by atoms with Crippen LogP contribution in [0.5, 0.6) is 0 Å². The summed E-state index contributed by atoms with van der Waals surface area (Å²) in [6, 6.07) is 0. The van der Waals surface area contributed by atoms with E-state index in [1.807, 2.05) is 0 Å². The molecule has 12 heavy (non-hydrogen) atoms. The predicted octanol–water partition coefficient (Wildman–Crippen LogP) is 0.0471. The van der Waals surface area contributed by atoms with E-state index in [2.05, 4.69) is 0 Å². The SMILES string of the molecule is CC(C(=O)O)C(=O)C1(C)CC1O. The Morgan fingerprint density at radius 1 is 1.58 bits per heavy atom. The van der Waals surface area contributed by atoms with Crippen molar-refractivity contribution in [3.05, 3.63) is 0 Å². The normalized spacial score (nSPS) is 35.8. The summed E-state index contributed by atoms with van der Waals surface area (Å²) in [5, 5.41) is 17.6. The van der Waals surface area contributed by atoms with E-state index >= 15 is 0 Å².